The normalized spacial score (nSPS) is 18.2. The van der Waals surface area contributed by atoms with Gasteiger partial charge in [-0.2, -0.15) is 0 Å². The number of alkyl halides is 1. The highest BCUT2D eigenvalue weighted by atomic mass is 79.9. The Morgan fingerprint density at radius 3 is 2.85 bits per heavy atom. The van der Waals surface area contributed by atoms with Gasteiger partial charge < -0.3 is 9.47 Å². The predicted octanol–water partition coefficient (Wildman–Crippen LogP) is 4.79. The van der Waals surface area contributed by atoms with Crippen molar-refractivity contribution in [3.8, 4) is 11.5 Å². The van der Waals surface area contributed by atoms with Gasteiger partial charge in [-0.15, -0.1) is 0 Å². The molecule has 104 valence electrons. The highest BCUT2D eigenvalue weighted by molar-refractivity contribution is 9.09. The van der Waals surface area contributed by atoms with E-state index >= 15 is 0 Å². The topological polar surface area (TPSA) is 18.5 Å². The molecule has 3 rings (SSSR count). The molecule has 2 aromatic carbocycles. The molecule has 1 heterocycles. The smallest absolute Gasteiger partial charge is 0.123 e. The van der Waals surface area contributed by atoms with Crippen molar-refractivity contribution in [2.75, 3.05) is 7.11 Å². The standard InChI is InChI=1S/C16H14BrClO2/c1-19-14-7-6-11(18)9-12(14)16(17)15-8-10-4-2-3-5-13(10)20-15/h2-7,9,15-16H,8H2,1H3. The van der Waals surface area contributed by atoms with Crippen LogP contribution in [-0.2, 0) is 6.42 Å². The van der Waals surface area contributed by atoms with E-state index in [1.54, 1.807) is 7.11 Å². The van der Waals surface area contributed by atoms with E-state index < -0.39 is 0 Å². The first-order chi connectivity index (χ1) is 9.69. The highest BCUT2D eigenvalue weighted by Gasteiger charge is 2.31. The molecular formula is C16H14BrClO2. The van der Waals surface area contributed by atoms with Crippen molar-refractivity contribution >= 4 is 27.5 Å². The maximum atomic E-state index is 6.10. The lowest BCUT2D eigenvalue weighted by atomic mass is 10.0. The minimum Gasteiger partial charge on any atom is -0.496 e. The van der Waals surface area contributed by atoms with Gasteiger partial charge in [-0.3, -0.25) is 0 Å². The molecule has 1 aliphatic heterocycles. The predicted molar refractivity (Wildman–Crippen MR) is 84.2 cm³/mol. The summed E-state index contributed by atoms with van der Waals surface area (Å²) in [5, 5.41) is 0.695. The minimum atomic E-state index is 0.0311. The second-order valence-corrected chi connectivity index (χ2v) is 6.18. The number of ether oxygens (including phenoxy) is 2. The average molecular weight is 354 g/mol. The van der Waals surface area contributed by atoms with Crippen LogP contribution in [0.15, 0.2) is 42.5 Å². The van der Waals surface area contributed by atoms with E-state index in [1.165, 1.54) is 5.56 Å². The Hall–Kier alpha value is -1.19. The Bertz CT molecular complexity index is 605. The summed E-state index contributed by atoms with van der Waals surface area (Å²) in [5.74, 6) is 1.78. The summed E-state index contributed by atoms with van der Waals surface area (Å²) in [6.45, 7) is 0. The molecule has 0 spiro atoms. The molecule has 0 amide bonds. The zero-order chi connectivity index (χ0) is 14.1. The number of halogens is 2. The van der Waals surface area contributed by atoms with Gasteiger partial charge in [0.15, 0.2) is 0 Å². The fourth-order valence-electron chi connectivity index (χ4n) is 2.49. The van der Waals surface area contributed by atoms with Crippen molar-refractivity contribution in [1.82, 2.24) is 0 Å². The van der Waals surface area contributed by atoms with E-state index in [4.69, 9.17) is 21.1 Å². The Morgan fingerprint density at radius 1 is 1.30 bits per heavy atom. The first kappa shape index (κ1) is 13.8. The third-order valence-electron chi connectivity index (χ3n) is 3.49. The quantitative estimate of drug-likeness (QED) is 0.739. The molecule has 4 heteroatoms. The molecule has 2 nitrogen and oxygen atoms in total. The summed E-state index contributed by atoms with van der Waals surface area (Å²) in [4.78, 5) is 0.0311. The van der Waals surface area contributed by atoms with Gasteiger partial charge in [0.1, 0.15) is 17.6 Å². The summed E-state index contributed by atoms with van der Waals surface area (Å²) >= 11 is 9.83. The largest absolute Gasteiger partial charge is 0.496 e. The van der Waals surface area contributed by atoms with E-state index in [2.05, 4.69) is 22.0 Å². The van der Waals surface area contributed by atoms with Crippen LogP contribution in [0.25, 0.3) is 0 Å². The molecule has 0 aromatic heterocycles. The number of fused-ring (bicyclic) bond motifs is 1. The van der Waals surface area contributed by atoms with E-state index in [9.17, 15) is 0 Å². The second-order valence-electron chi connectivity index (χ2n) is 4.76. The summed E-state index contributed by atoms with van der Waals surface area (Å²) in [6.07, 6.45) is 0.918. The Kier molecular flexibility index (Phi) is 3.90. The number of rotatable bonds is 3. The molecule has 0 bridgehead atoms. The number of para-hydroxylation sites is 1. The molecule has 20 heavy (non-hydrogen) atoms. The summed E-state index contributed by atoms with van der Waals surface area (Å²) < 4.78 is 11.4. The lowest BCUT2D eigenvalue weighted by molar-refractivity contribution is 0.230. The van der Waals surface area contributed by atoms with Crippen molar-refractivity contribution in [3.05, 3.63) is 58.6 Å². The molecule has 0 N–H and O–H groups in total. The third-order valence-corrected chi connectivity index (χ3v) is 4.81. The lowest BCUT2D eigenvalue weighted by Gasteiger charge is -2.20. The highest BCUT2D eigenvalue weighted by Crippen LogP contribution is 2.41. The lowest BCUT2D eigenvalue weighted by Crippen LogP contribution is -2.19. The summed E-state index contributed by atoms with van der Waals surface area (Å²) in [6, 6.07) is 13.8. The Morgan fingerprint density at radius 2 is 2.10 bits per heavy atom. The second kappa shape index (κ2) is 5.66. The van der Waals surface area contributed by atoms with Gasteiger partial charge in [0, 0.05) is 17.0 Å². The van der Waals surface area contributed by atoms with Gasteiger partial charge in [0.05, 0.1) is 11.9 Å². The van der Waals surface area contributed by atoms with Gasteiger partial charge in [0.2, 0.25) is 0 Å². The van der Waals surface area contributed by atoms with Gasteiger partial charge in [0.25, 0.3) is 0 Å². The Balaban J connectivity index is 1.88. The van der Waals surface area contributed by atoms with Gasteiger partial charge >= 0.3 is 0 Å². The minimum absolute atomic E-state index is 0.0311. The van der Waals surface area contributed by atoms with Gasteiger partial charge in [-0.25, -0.2) is 0 Å². The first-order valence-electron chi connectivity index (χ1n) is 6.41. The maximum Gasteiger partial charge on any atom is 0.123 e. The third kappa shape index (κ3) is 2.52. The molecular weight excluding hydrogens is 340 g/mol. The van der Waals surface area contributed by atoms with Gasteiger partial charge in [-0.1, -0.05) is 45.7 Å². The molecule has 0 fully saturated rings. The number of benzene rings is 2. The molecule has 0 radical (unpaired) electrons. The van der Waals surface area contributed by atoms with Crippen LogP contribution in [0.2, 0.25) is 5.02 Å². The van der Waals surface area contributed by atoms with E-state index in [0.717, 1.165) is 23.5 Å². The van der Waals surface area contributed by atoms with Crippen LogP contribution in [0, 0.1) is 0 Å². The van der Waals surface area contributed by atoms with Crippen LogP contribution in [0.1, 0.15) is 16.0 Å². The van der Waals surface area contributed by atoms with Crippen LogP contribution in [0.3, 0.4) is 0 Å². The van der Waals surface area contributed by atoms with Crippen molar-refractivity contribution < 1.29 is 9.47 Å². The zero-order valence-electron chi connectivity index (χ0n) is 11.0. The maximum absolute atomic E-state index is 6.10. The molecule has 2 atom stereocenters. The van der Waals surface area contributed by atoms with Crippen LogP contribution in [0.4, 0.5) is 0 Å². The van der Waals surface area contributed by atoms with Crippen LogP contribution in [-0.4, -0.2) is 13.2 Å². The molecule has 1 aliphatic rings. The van der Waals surface area contributed by atoms with Crippen LogP contribution >= 0.6 is 27.5 Å². The monoisotopic (exact) mass is 352 g/mol. The molecule has 2 aromatic rings. The van der Waals surface area contributed by atoms with Crippen molar-refractivity contribution in [1.29, 1.82) is 0 Å². The van der Waals surface area contributed by atoms with Crippen molar-refractivity contribution in [2.45, 2.75) is 17.4 Å². The fourth-order valence-corrected chi connectivity index (χ4v) is 3.33. The van der Waals surface area contributed by atoms with E-state index in [0.29, 0.717) is 5.02 Å². The molecule has 0 saturated heterocycles. The summed E-state index contributed by atoms with van der Waals surface area (Å²) in [7, 11) is 1.66. The summed E-state index contributed by atoms with van der Waals surface area (Å²) in [5.41, 5.74) is 2.25. The fraction of sp³-hybridized carbons (Fsp3) is 0.250. The number of methoxy groups -OCH3 is 1. The average Bonchev–Trinajstić information content (AvgIpc) is 2.90. The molecule has 2 unspecified atom stereocenters. The zero-order valence-corrected chi connectivity index (χ0v) is 13.3. The molecule has 0 aliphatic carbocycles. The Labute approximate surface area is 131 Å². The van der Waals surface area contributed by atoms with E-state index in [1.807, 2.05) is 36.4 Å². The van der Waals surface area contributed by atoms with E-state index in [-0.39, 0.29) is 10.9 Å². The van der Waals surface area contributed by atoms with Crippen LogP contribution in [0.5, 0.6) is 11.5 Å². The number of hydrogen-bond donors (Lipinski definition) is 0. The first-order valence-corrected chi connectivity index (χ1v) is 7.70. The molecule has 0 saturated carbocycles. The van der Waals surface area contributed by atoms with Crippen LogP contribution < -0.4 is 9.47 Å². The number of hydrogen-bond acceptors (Lipinski definition) is 2. The van der Waals surface area contributed by atoms with Gasteiger partial charge in [-0.05, 0) is 29.8 Å². The SMILES string of the molecule is COc1ccc(Cl)cc1C(Br)C1Cc2ccccc2O1. The van der Waals surface area contributed by atoms with Crippen molar-refractivity contribution in [2.24, 2.45) is 0 Å². The van der Waals surface area contributed by atoms with Crippen molar-refractivity contribution in [3.63, 3.8) is 0 Å².